The summed E-state index contributed by atoms with van der Waals surface area (Å²) in [6, 6.07) is 10.5. The molecule has 0 fully saturated rings. The van der Waals surface area contributed by atoms with Gasteiger partial charge in [-0.1, -0.05) is 30.3 Å². The van der Waals surface area contributed by atoms with Crippen molar-refractivity contribution in [1.82, 2.24) is 29.4 Å². The van der Waals surface area contributed by atoms with Crippen LogP contribution in [-0.4, -0.2) is 41.9 Å². The van der Waals surface area contributed by atoms with Gasteiger partial charge in [-0.15, -0.1) is 10.2 Å². The largest absolute Gasteiger partial charge is 0.333 e. The lowest BCUT2D eigenvalue weighted by molar-refractivity contribution is -0.133. The Bertz CT molecular complexity index is 1020. The minimum absolute atomic E-state index is 0.165. The molecule has 7 nitrogen and oxygen atoms in total. The highest BCUT2D eigenvalue weighted by Crippen LogP contribution is 2.24. The Morgan fingerprint density at radius 3 is 2.62 bits per heavy atom. The van der Waals surface area contributed by atoms with Crippen molar-refractivity contribution in [2.45, 2.75) is 52.6 Å². The normalized spacial score (nSPS) is 16.1. The first-order valence-corrected chi connectivity index (χ1v) is 10.2. The van der Waals surface area contributed by atoms with Gasteiger partial charge in [-0.3, -0.25) is 9.48 Å². The molecule has 7 heteroatoms. The van der Waals surface area contributed by atoms with Crippen molar-refractivity contribution < 1.29 is 4.79 Å². The van der Waals surface area contributed by atoms with Gasteiger partial charge in [-0.2, -0.15) is 5.10 Å². The predicted octanol–water partition coefficient (Wildman–Crippen LogP) is 2.76. The van der Waals surface area contributed by atoms with E-state index in [1.165, 1.54) is 11.1 Å². The van der Waals surface area contributed by atoms with Gasteiger partial charge in [0.05, 0.1) is 18.3 Å². The molecule has 0 saturated heterocycles. The number of hydrogen-bond acceptors (Lipinski definition) is 4. The van der Waals surface area contributed by atoms with Crippen LogP contribution >= 0.6 is 0 Å². The summed E-state index contributed by atoms with van der Waals surface area (Å²) in [6.45, 7) is 7.41. The molecule has 0 saturated carbocycles. The van der Waals surface area contributed by atoms with E-state index in [-0.39, 0.29) is 11.9 Å². The third-order valence-electron chi connectivity index (χ3n) is 5.90. The van der Waals surface area contributed by atoms with Gasteiger partial charge in [-0.05, 0) is 38.3 Å². The molecule has 1 amide bonds. The van der Waals surface area contributed by atoms with Gasteiger partial charge in [-0.25, -0.2) is 0 Å². The number of fused-ring (bicyclic) bond motifs is 1. The fourth-order valence-corrected chi connectivity index (χ4v) is 4.27. The van der Waals surface area contributed by atoms with Crippen molar-refractivity contribution in [2.24, 2.45) is 7.05 Å². The lowest BCUT2D eigenvalue weighted by Crippen LogP contribution is -2.41. The molecule has 152 valence electrons. The summed E-state index contributed by atoms with van der Waals surface area (Å²) in [5.41, 5.74) is 4.54. The third-order valence-corrected chi connectivity index (χ3v) is 5.90. The number of carbonyl (C=O) groups is 1. The Balaban J connectivity index is 1.44. The molecule has 1 aliphatic rings. The van der Waals surface area contributed by atoms with Gasteiger partial charge < -0.3 is 9.47 Å². The monoisotopic (exact) mass is 392 g/mol. The Morgan fingerprint density at radius 2 is 1.93 bits per heavy atom. The quantitative estimate of drug-likeness (QED) is 0.670. The summed E-state index contributed by atoms with van der Waals surface area (Å²) in [5.74, 6) is 2.00. The van der Waals surface area contributed by atoms with Crippen LogP contribution in [0.2, 0.25) is 0 Å². The molecule has 3 heterocycles. The molecule has 0 bridgehead atoms. The number of aryl methyl sites for hydroxylation is 2. The molecule has 0 radical (unpaired) electrons. The zero-order chi connectivity index (χ0) is 20.5. The summed E-state index contributed by atoms with van der Waals surface area (Å²) in [6.07, 6.45) is 1.97. The number of carbonyl (C=O) groups excluding carboxylic acids is 1. The average Bonchev–Trinajstić information content (AvgIpc) is 3.21. The summed E-state index contributed by atoms with van der Waals surface area (Å²) >= 11 is 0. The maximum atomic E-state index is 12.9. The third kappa shape index (κ3) is 3.81. The van der Waals surface area contributed by atoms with Crippen molar-refractivity contribution in [2.75, 3.05) is 6.54 Å². The van der Waals surface area contributed by atoms with Gasteiger partial charge in [0.15, 0.2) is 5.82 Å². The van der Waals surface area contributed by atoms with Crippen LogP contribution in [0.5, 0.6) is 0 Å². The summed E-state index contributed by atoms with van der Waals surface area (Å²) in [4.78, 5) is 14.8. The molecule has 1 aliphatic heterocycles. The summed E-state index contributed by atoms with van der Waals surface area (Å²) in [7, 11) is 1.94. The van der Waals surface area contributed by atoms with Crippen LogP contribution in [-0.2, 0) is 31.2 Å². The van der Waals surface area contributed by atoms with Crippen LogP contribution in [0.4, 0.5) is 0 Å². The lowest BCUT2D eigenvalue weighted by atomic mass is 10.1. The average molecular weight is 393 g/mol. The van der Waals surface area contributed by atoms with Crippen molar-refractivity contribution in [1.29, 1.82) is 0 Å². The molecule has 2 aromatic heterocycles. The SMILES string of the molecule is Cc1nn(C)c(C)c1CCC(=O)N1Cc2nnc(Cc3ccccc3)n2[C@@H](C)C1. The highest BCUT2D eigenvalue weighted by Gasteiger charge is 2.29. The van der Waals surface area contributed by atoms with E-state index in [1.807, 2.05) is 41.8 Å². The van der Waals surface area contributed by atoms with Crippen LogP contribution in [0.15, 0.2) is 30.3 Å². The van der Waals surface area contributed by atoms with E-state index in [9.17, 15) is 4.79 Å². The Hall–Kier alpha value is -2.96. The van der Waals surface area contributed by atoms with E-state index in [1.54, 1.807) is 0 Å². The van der Waals surface area contributed by atoms with Gasteiger partial charge in [0.2, 0.25) is 5.91 Å². The first kappa shape index (κ1) is 19.4. The molecule has 0 unspecified atom stereocenters. The standard InChI is InChI=1S/C22H28N6O/c1-15-13-27(22(29)11-10-19-16(2)25-26(4)17(19)3)14-21-24-23-20(28(15)21)12-18-8-6-5-7-9-18/h5-9,15H,10-14H2,1-4H3/t15-/m0/s1. The molecule has 1 aromatic carbocycles. The van der Waals surface area contributed by atoms with E-state index in [0.29, 0.717) is 19.5 Å². The second-order valence-corrected chi connectivity index (χ2v) is 7.96. The van der Waals surface area contributed by atoms with Crippen LogP contribution < -0.4 is 0 Å². The lowest BCUT2D eigenvalue weighted by Gasteiger charge is -2.32. The maximum absolute atomic E-state index is 12.9. The molecule has 4 rings (SSSR count). The maximum Gasteiger partial charge on any atom is 0.223 e. The minimum Gasteiger partial charge on any atom is -0.333 e. The van der Waals surface area contributed by atoms with E-state index in [2.05, 4.69) is 45.8 Å². The second-order valence-electron chi connectivity index (χ2n) is 7.96. The Labute approximate surface area is 171 Å². The first-order valence-electron chi connectivity index (χ1n) is 10.2. The fourth-order valence-electron chi connectivity index (χ4n) is 4.27. The summed E-state index contributed by atoms with van der Waals surface area (Å²) < 4.78 is 4.08. The van der Waals surface area contributed by atoms with Crippen LogP contribution in [0.1, 0.15) is 53.5 Å². The number of aromatic nitrogens is 5. The van der Waals surface area contributed by atoms with Crippen LogP contribution in [0, 0.1) is 13.8 Å². The number of nitrogens with zero attached hydrogens (tertiary/aromatic N) is 6. The molecule has 3 aromatic rings. The zero-order valence-electron chi connectivity index (χ0n) is 17.6. The molecule has 0 N–H and O–H groups in total. The number of rotatable bonds is 5. The number of hydrogen-bond donors (Lipinski definition) is 0. The predicted molar refractivity (Wildman–Crippen MR) is 110 cm³/mol. The zero-order valence-corrected chi connectivity index (χ0v) is 17.6. The molecule has 1 atom stereocenters. The smallest absolute Gasteiger partial charge is 0.223 e. The van der Waals surface area contributed by atoms with E-state index in [4.69, 9.17) is 0 Å². The van der Waals surface area contributed by atoms with Crippen LogP contribution in [0.25, 0.3) is 0 Å². The van der Waals surface area contributed by atoms with Gasteiger partial charge in [0.25, 0.3) is 0 Å². The molecule has 0 spiro atoms. The molecule has 29 heavy (non-hydrogen) atoms. The second kappa shape index (κ2) is 7.81. The Kier molecular flexibility index (Phi) is 5.22. The van der Waals surface area contributed by atoms with Crippen molar-refractivity contribution in [3.05, 3.63) is 64.5 Å². The fraction of sp³-hybridized carbons (Fsp3) is 0.455. The number of benzene rings is 1. The van der Waals surface area contributed by atoms with Gasteiger partial charge in [0.1, 0.15) is 5.82 Å². The van der Waals surface area contributed by atoms with E-state index in [0.717, 1.165) is 35.9 Å². The van der Waals surface area contributed by atoms with Crippen LogP contribution in [0.3, 0.4) is 0 Å². The topological polar surface area (TPSA) is 68.8 Å². The first-order chi connectivity index (χ1) is 13.9. The van der Waals surface area contributed by atoms with Crippen molar-refractivity contribution in [3.8, 4) is 0 Å². The van der Waals surface area contributed by atoms with E-state index < -0.39 is 0 Å². The molecular weight excluding hydrogens is 364 g/mol. The summed E-state index contributed by atoms with van der Waals surface area (Å²) in [5, 5.41) is 13.3. The van der Waals surface area contributed by atoms with Crippen molar-refractivity contribution >= 4 is 5.91 Å². The van der Waals surface area contributed by atoms with Gasteiger partial charge in [0, 0.05) is 32.1 Å². The number of amides is 1. The highest BCUT2D eigenvalue weighted by molar-refractivity contribution is 5.76. The Morgan fingerprint density at radius 1 is 1.17 bits per heavy atom. The van der Waals surface area contributed by atoms with Gasteiger partial charge >= 0.3 is 0 Å². The molecular formula is C22H28N6O. The minimum atomic E-state index is 0.165. The van der Waals surface area contributed by atoms with E-state index >= 15 is 0 Å². The molecule has 0 aliphatic carbocycles. The van der Waals surface area contributed by atoms with Crippen molar-refractivity contribution in [3.63, 3.8) is 0 Å². The highest BCUT2D eigenvalue weighted by atomic mass is 16.2.